The Morgan fingerprint density at radius 2 is 2.05 bits per heavy atom. The lowest BCUT2D eigenvalue weighted by molar-refractivity contribution is 0.0593. The third kappa shape index (κ3) is 6.11. The molecule has 2 N–H and O–H groups in total. The van der Waals surface area contributed by atoms with Crippen molar-refractivity contribution < 1.29 is 17.9 Å². The maximum Gasteiger partial charge on any atom is 0.358 e. The summed E-state index contributed by atoms with van der Waals surface area (Å²) in [4.78, 5) is 19.0. The average molecular weight is 288 g/mol. The van der Waals surface area contributed by atoms with Crippen molar-refractivity contribution in [3.8, 4) is 0 Å². The second kappa shape index (κ2) is 7.00. The van der Waals surface area contributed by atoms with Gasteiger partial charge in [-0.1, -0.05) is 0 Å². The van der Waals surface area contributed by atoms with E-state index >= 15 is 0 Å². The summed E-state index contributed by atoms with van der Waals surface area (Å²) in [5.74, 6) is -0.0385. The third-order valence-electron chi connectivity index (χ3n) is 2.07. The van der Waals surface area contributed by atoms with E-state index in [1.165, 1.54) is 19.5 Å². The summed E-state index contributed by atoms with van der Waals surface area (Å²) >= 11 is 0. The second-order valence-corrected chi connectivity index (χ2v) is 5.56. The number of sulfonamides is 1. The smallest absolute Gasteiger partial charge is 0.358 e. The van der Waals surface area contributed by atoms with Gasteiger partial charge in [0.15, 0.2) is 5.69 Å². The molecule has 0 unspecified atom stereocenters. The Bertz CT molecular complexity index is 515. The summed E-state index contributed by atoms with van der Waals surface area (Å²) in [7, 11) is -1.88. The molecule has 0 bridgehead atoms. The van der Waals surface area contributed by atoms with Crippen molar-refractivity contribution in [3.05, 3.63) is 18.1 Å². The molecule has 0 aliphatic rings. The summed E-state index contributed by atoms with van der Waals surface area (Å²) in [6, 6.07) is 0. The van der Waals surface area contributed by atoms with Crippen LogP contribution in [0.4, 0.5) is 5.82 Å². The zero-order valence-electron chi connectivity index (χ0n) is 10.7. The number of nitrogens with zero attached hydrogens (tertiary/aromatic N) is 2. The molecule has 0 spiro atoms. The highest BCUT2D eigenvalue weighted by molar-refractivity contribution is 7.88. The predicted octanol–water partition coefficient (Wildman–Crippen LogP) is -0.386. The standard InChI is InChI=1S/C10H16N4O4S/c1-18-10(15)8-6-13-9(7-12-8)11-4-3-5-14-19(2,16)17/h6-7,14H,3-5H2,1-2H3,(H,11,13). The van der Waals surface area contributed by atoms with Crippen molar-refractivity contribution in [3.63, 3.8) is 0 Å². The van der Waals surface area contributed by atoms with Crippen molar-refractivity contribution in [2.24, 2.45) is 0 Å². The lowest BCUT2D eigenvalue weighted by atomic mass is 10.4. The number of hydrogen-bond acceptors (Lipinski definition) is 7. The van der Waals surface area contributed by atoms with Gasteiger partial charge in [-0.3, -0.25) is 0 Å². The van der Waals surface area contributed by atoms with Gasteiger partial charge in [-0.05, 0) is 6.42 Å². The number of anilines is 1. The number of hydrogen-bond donors (Lipinski definition) is 2. The second-order valence-electron chi connectivity index (χ2n) is 3.73. The highest BCUT2D eigenvalue weighted by Gasteiger charge is 2.06. The Morgan fingerprint density at radius 3 is 2.58 bits per heavy atom. The molecule has 8 nitrogen and oxygen atoms in total. The van der Waals surface area contributed by atoms with E-state index in [4.69, 9.17) is 0 Å². The number of ether oxygens (including phenoxy) is 1. The maximum atomic E-state index is 11.1. The molecule has 9 heteroatoms. The van der Waals surface area contributed by atoms with Gasteiger partial charge in [0.05, 0.1) is 25.8 Å². The van der Waals surface area contributed by atoms with Crippen molar-refractivity contribution >= 4 is 21.8 Å². The fourth-order valence-corrected chi connectivity index (χ4v) is 1.71. The summed E-state index contributed by atoms with van der Waals surface area (Å²) in [5, 5.41) is 2.95. The minimum Gasteiger partial charge on any atom is -0.464 e. The maximum absolute atomic E-state index is 11.1. The lowest BCUT2D eigenvalue weighted by Crippen LogP contribution is -2.24. The van der Waals surface area contributed by atoms with Crippen LogP contribution in [0.2, 0.25) is 0 Å². The topological polar surface area (TPSA) is 110 Å². The van der Waals surface area contributed by atoms with E-state index in [1.807, 2.05) is 0 Å². The van der Waals surface area contributed by atoms with Crippen molar-refractivity contribution in [1.82, 2.24) is 14.7 Å². The largest absolute Gasteiger partial charge is 0.464 e. The van der Waals surface area contributed by atoms with Crippen LogP contribution in [0.15, 0.2) is 12.4 Å². The zero-order valence-corrected chi connectivity index (χ0v) is 11.5. The molecule has 0 radical (unpaired) electrons. The van der Waals surface area contributed by atoms with E-state index in [0.29, 0.717) is 25.3 Å². The predicted molar refractivity (Wildman–Crippen MR) is 69.3 cm³/mol. The van der Waals surface area contributed by atoms with Crippen molar-refractivity contribution in [2.45, 2.75) is 6.42 Å². The molecule has 0 fully saturated rings. The van der Waals surface area contributed by atoms with Crippen LogP contribution in [0, 0.1) is 0 Å². The molecule has 0 saturated heterocycles. The molecule has 1 aromatic heterocycles. The van der Waals surface area contributed by atoms with Gasteiger partial charge in [-0.15, -0.1) is 0 Å². The van der Waals surface area contributed by atoms with Crippen LogP contribution in [0.25, 0.3) is 0 Å². The molecule has 0 aliphatic carbocycles. The van der Waals surface area contributed by atoms with E-state index in [0.717, 1.165) is 6.26 Å². The molecule has 1 rings (SSSR count). The van der Waals surface area contributed by atoms with Gasteiger partial charge in [-0.25, -0.2) is 27.9 Å². The van der Waals surface area contributed by atoms with E-state index < -0.39 is 16.0 Å². The van der Waals surface area contributed by atoms with E-state index in [2.05, 4.69) is 24.7 Å². The average Bonchev–Trinajstić information content (AvgIpc) is 2.37. The highest BCUT2D eigenvalue weighted by Crippen LogP contribution is 2.02. The lowest BCUT2D eigenvalue weighted by Gasteiger charge is -2.05. The van der Waals surface area contributed by atoms with Gasteiger partial charge in [0.1, 0.15) is 5.82 Å². The Balaban J connectivity index is 2.32. The molecule has 106 valence electrons. The number of methoxy groups -OCH3 is 1. The van der Waals surface area contributed by atoms with Crippen LogP contribution in [-0.4, -0.2) is 50.8 Å². The van der Waals surface area contributed by atoms with Gasteiger partial charge in [0.2, 0.25) is 10.0 Å². The molecule has 19 heavy (non-hydrogen) atoms. The van der Waals surface area contributed by atoms with Gasteiger partial charge in [-0.2, -0.15) is 0 Å². The third-order valence-corrected chi connectivity index (χ3v) is 2.80. The number of carbonyl (C=O) groups excluding carboxylic acids is 1. The number of nitrogens with one attached hydrogen (secondary N) is 2. The van der Waals surface area contributed by atoms with Crippen LogP contribution in [0.1, 0.15) is 16.9 Å². The van der Waals surface area contributed by atoms with E-state index in [1.54, 1.807) is 0 Å². The Hall–Kier alpha value is -1.74. The molecule has 0 aromatic carbocycles. The molecular weight excluding hydrogens is 272 g/mol. The summed E-state index contributed by atoms with van der Waals surface area (Å²) in [6.07, 6.45) is 4.43. The molecular formula is C10H16N4O4S. The quantitative estimate of drug-likeness (QED) is 0.519. The van der Waals surface area contributed by atoms with Crippen LogP contribution in [0.5, 0.6) is 0 Å². The Kier molecular flexibility index (Phi) is 5.64. The number of rotatable bonds is 7. The van der Waals surface area contributed by atoms with Crippen LogP contribution in [0.3, 0.4) is 0 Å². The van der Waals surface area contributed by atoms with Gasteiger partial charge < -0.3 is 10.1 Å². The summed E-state index contributed by atoms with van der Waals surface area (Å²) in [5.41, 5.74) is 0.131. The molecule has 0 amide bonds. The fraction of sp³-hybridized carbons (Fsp3) is 0.500. The van der Waals surface area contributed by atoms with Gasteiger partial charge in [0.25, 0.3) is 0 Å². The van der Waals surface area contributed by atoms with Crippen LogP contribution in [-0.2, 0) is 14.8 Å². The van der Waals surface area contributed by atoms with Gasteiger partial charge in [0, 0.05) is 13.1 Å². The highest BCUT2D eigenvalue weighted by atomic mass is 32.2. The molecule has 0 atom stereocenters. The van der Waals surface area contributed by atoms with Gasteiger partial charge >= 0.3 is 5.97 Å². The molecule has 0 saturated carbocycles. The number of carbonyl (C=O) groups is 1. The minimum absolute atomic E-state index is 0.131. The van der Waals surface area contributed by atoms with Crippen molar-refractivity contribution in [2.75, 3.05) is 31.8 Å². The molecule has 0 aliphatic heterocycles. The fourth-order valence-electron chi connectivity index (χ4n) is 1.19. The Labute approximate surface area is 111 Å². The van der Waals surface area contributed by atoms with E-state index in [9.17, 15) is 13.2 Å². The first kappa shape index (κ1) is 15.3. The number of aromatic nitrogens is 2. The first-order valence-electron chi connectivity index (χ1n) is 5.51. The first-order chi connectivity index (χ1) is 8.92. The minimum atomic E-state index is -3.14. The SMILES string of the molecule is COC(=O)c1cnc(NCCCNS(C)(=O)=O)cn1. The van der Waals surface area contributed by atoms with Crippen LogP contribution < -0.4 is 10.0 Å². The number of esters is 1. The first-order valence-corrected chi connectivity index (χ1v) is 7.40. The summed E-state index contributed by atoms with van der Waals surface area (Å²) < 4.78 is 28.5. The van der Waals surface area contributed by atoms with Crippen LogP contribution >= 0.6 is 0 Å². The Morgan fingerprint density at radius 1 is 1.32 bits per heavy atom. The molecule has 1 heterocycles. The zero-order chi connectivity index (χ0) is 14.3. The monoisotopic (exact) mass is 288 g/mol. The molecule has 1 aromatic rings. The normalized spacial score (nSPS) is 11.1. The summed E-state index contributed by atoms with van der Waals surface area (Å²) in [6.45, 7) is 0.883. The van der Waals surface area contributed by atoms with Crippen molar-refractivity contribution in [1.29, 1.82) is 0 Å². The van der Waals surface area contributed by atoms with E-state index in [-0.39, 0.29) is 5.69 Å².